The van der Waals surface area contributed by atoms with Crippen molar-refractivity contribution >= 4 is 46.8 Å². The van der Waals surface area contributed by atoms with Gasteiger partial charge in [-0.05, 0) is 37.3 Å². The lowest BCUT2D eigenvalue weighted by Gasteiger charge is -2.18. The summed E-state index contributed by atoms with van der Waals surface area (Å²) in [5, 5.41) is 0.653. The zero-order chi connectivity index (χ0) is 22.0. The molecule has 2 aromatic carbocycles. The minimum atomic E-state index is -0.628. The number of allylic oxidation sites excluding steroid dienone is 1. The molecule has 0 fully saturated rings. The van der Waals surface area contributed by atoms with Gasteiger partial charge in [0.1, 0.15) is 0 Å². The third kappa shape index (κ3) is 3.76. The number of carbonyl (C=O) groups is 2. The maximum Gasteiger partial charge on any atom is 0.340 e. The number of para-hydroxylation sites is 1. The van der Waals surface area contributed by atoms with Crippen molar-refractivity contribution in [2.45, 2.75) is 6.92 Å². The Labute approximate surface area is 184 Å². The second kappa shape index (κ2) is 8.81. The maximum atomic E-state index is 13.4. The lowest BCUT2D eigenvalue weighted by molar-refractivity contribution is -0.136. The maximum absolute atomic E-state index is 13.4. The molecule has 2 aromatic rings. The van der Waals surface area contributed by atoms with Gasteiger partial charge < -0.3 is 14.2 Å². The quantitative estimate of drug-likeness (QED) is 0.482. The molecule has 8 heteroatoms. The molecule has 156 valence electrons. The summed E-state index contributed by atoms with van der Waals surface area (Å²) >= 11 is 12.1. The van der Waals surface area contributed by atoms with Gasteiger partial charge >= 0.3 is 5.97 Å². The second-order valence-electron chi connectivity index (χ2n) is 6.33. The molecule has 0 bridgehead atoms. The predicted octanol–water partition coefficient (Wildman–Crippen LogP) is 4.89. The minimum Gasteiger partial charge on any atom is -0.493 e. The molecule has 6 nitrogen and oxygen atoms in total. The van der Waals surface area contributed by atoms with E-state index in [-0.39, 0.29) is 11.1 Å². The van der Waals surface area contributed by atoms with Crippen molar-refractivity contribution in [3.8, 4) is 11.5 Å². The number of esters is 1. The average Bonchev–Trinajstić information content (AvgIpc) is 2.98. The molecule has 0 saturated heterocycles. The molecule has 0 aromatic heterocycles. The number of nitrogens with zero attached hydrogens (tertiary/aromatic N) is 1. The van der Waals surface area contributed by atoms with E-state index >= 15 is 0 Å². The van der Waals surface area contributed by atoms with Crippen LogP contribution >= 0.6 is 23.2 Å². The Kier molecular flexibility index (Phi) is 6.39. The van der Waals surface area contributed by atoms with Crippen LogP contribution in [0.5, 0.6) is 11.5 Å². The zero-order valence-electron chi connectivity index (χ0n) is 16.8. The summed E-state index contributed by atoms with van der Waals surface area (Å²) in [4.78, 5) is 27.3. The highest BCUT2D eigenvalue weighted by Crippen LogP contribution is 2.39. The van der Waals surface area contributed by atoms with Gasteiger partial charge in [-0.15, -0.1) is 0 Å². The molecule has 0 N–H and O–H groups in total. The van der Waals surface area contributed by atoms with E-state index in [0.29, 0.717) is 38.5 Å². The van der Waals surface area contributed by atoms with Crippen molar-refractivity contribution in [3.63, 3.8) is 0 Å². The fraction of sp³-hybridized carbons (Fsp3) is 0.182. The van der Waals surface area contributed by atoms with Crippen molar-refractivity contribution in [2.75, 3.05) is 26.2 Å². The first-order chi connectivity index (χ1) is 14.3. The van der Waals surface area contributed by atoms with Crippen LogP contribution in [0.1, 0.15) is 12.5 Å². The molecule has 1 heterocycles. The predicted molar refractivity (Wildman–Crippen MR) is 116 cm³/mol. The molecule has 0 unspecified atom stereocenters. The number of amides is 1. The summed E-state index contributed by atoms with van der Waals surface area (Å²) in [6.07, 6.45) is 1.58. The van der Waals surface area contributed by atoms with E-state index in [1.807, 2.05) is 0 Å². The summed E-state index contributed by atoms with van der Waals surface area (Å²) in [5.41, 5.74) is 1.79. The summed E-state index contributed by atoms with van der Waals surface area (Å²) in [6, 6.07) is 10.1. The third-order valence-electron chi connectivity index (χ3n) is 4.68. The number of halogens is 2. The Morgan fingerprint density at radius 1 is 1.03 bits per heavy atom. The number of hydrogen-bond donors (Lipinski definition) is 0. The topological polar surface area (TPSA) is 65.1 Å². The normalized spacial score (nSPS) is 15.1. The van der Waals surface area contributed by atoms with E-state index in [9.17, 15) is 9.59 Å². The lowest BCUT2D eigenvalue weighted by Crippen LogP contribution is -2.24. The monoisotopic (exact) mass is 447 g/mol. The lowest BCUT2D eigenvalue weighted by atomic mass is 10.0. The first kappa shape index (κ1) is 21.7. The van der Waals surface area contributed by atoms with Crippen LogP contribution in [0, 0.1) is 0 Å². The van der Waals surface area contributed by atoms with Crippen LogP contribution in [0.15, 0.2) is 53.2 Å². The Bertz CT molecular complexity index is 1090. The highest BCUT2D eigenvalue weighted by molar-refractivity contribution is 6.42. The Balaban J connectivity index is 2.20. The van der Waals surface area contributed by atoms with Crippen molar-refractivity contribution in [3.05, 3.63) is 68.9 Å². The Morgan fingerprint density at radius 2 is 1.77 bits per heavy atom. The van der Waals surface area contributed by atoms with Gasteiger partial charge in [0.15, 0.2) is 11.5 Å². The van der Waals surface area contributed by atoms with Crippen LogP contribution in [0.3, 0.4) is 0 Å². The van der Waals surface area contributed by atoms with Crippen LogP contribution in [-0.4, -0.2) is 33.2 Å². The van der Waals surface area contributed by atoms with Crippen molar-refractivity contribution in [2.24, 2.45) is 0 Å². The Hall–Kier alpha value is -2.96. The van der Waals surface area contributed by atoms with Crippen LogP contribution in [0.2, 0.25) is 10.0 Å². The molecule has 0 spiro atoms. The number of methoxy groups -OCH3 is 3. The largest absolute Gasteiger partial charge is 0.493 e. The van der Waals surface area contributed by atoms with Crippen LogP contribution in [0.4, 0.5) is 5.69 Å². The molecule has 0 aliphatic carbocycles. The van der Waals surface area contributed by atoms with E-state index in [1.165, 1.54) is 26.2 Å². The average molecular weight is 448 g/mol. The number of ether oxygens (including phenoxy) is 3. The van der Waals surface area contributed by atoms with Gasteiger partial charge in [-0.25, -0.2) is 4.79 Å². The van der Waals surface area contributed by atoms with Crippen LogP contribution in [-0.2, 0) is 14.3 Å². The second-order valence-corrected chi connectivity index (χ2v) is 7.15. The summed E-state index contributed by atoms with van der Waals surface area (Å²) in [6.45, 7) is 1.66. The molecule has 0 saturated carbocycles. The van der Waals surface area contributed by atoms with Gasteiger partial charge in [-0.2, -0.15) is 0 Å². The number of anilines is 1. The van der Waals surface area contributed by atoms with Crippen LogP contribution in [0.25, 0.3) is 6.08 Å². The number of hydrogen-bond acceptors (Lipinski definition) is 5. The highest BCUT2D eigenvalue weighted by Gasteiger charge is 2.38. The first-order valence-corrected chi connectivity index (χ1v) is 9.61. The van der Waals surface area contributed by atoms with Gasteiger partial charge in [-0.1, -0.05) is 35.3 Å². The molecule has 1 amide bonds. The van der Waals surface area contributed by atoms with Crippen molar-refractivity contribution in [1.82, 2.24) is 0 Å². The van der Waals surface area contributed by atoms with E-state index in [2.05, 4.69) is 0 Å². The summed E-state index contributed by atoms with van der Waals surface area (Å²) in [7, 11) is 4.28. The fourth-order valence-electron chi connectivity index (χ4n) is 3.30. The molecule has 1 aliphatic rings. The molecule has 3 rings (SSSR count). The fourth-order valence-corrected chi connectivity index (χ4v) is 3.59. The zero-order valence-corrected chi connectivity index (χ0v) is 18.3. The van der Waals surface area contributed by atoms with Crippen molar-refractivity contribution in [1.29, 1.82) is 0 Å². The van der Waals surface area contributed by atoms with Crippen LogP contribution < -0.4 is 14.4 Å². The van der Waals surface area contributed by atoms with Crippen molar-refractivity contribution < 1.29 is 23.8 Å². The third-order valence-corrected chi connectivity index (χ3v) is 5.42. The number of rotatable bonds is 5. The molecular formula is C22H19Cl2NO5. The van der Waals surface area contributed by atoms with Gasteiger partial charge in [0, 0.05) is 11.3 Å². The number of carbonyl (C=O) groups excluding carboxylic acids is 2. The molecular weight excluding hydrogens is 429 g/mol. The molecule has 0 radical (unpaired) electrons. The van der Waals surface area contributed by atoms with E-state index in [1.54, 1.807) is 49.4 Å². The van der Waals surface area contributed by atoms with Gasteiger partial charge in [0.2, 0.25) is 0 Å². The summed E-state index contributed by atoms with van der Waals surface area (Å²) in [5.74, 6) is -0.0956. The first-order valence-electron chi connectivity index (χ1n) is 8.85. The molecule has 1 aliphatic heterocycles. The standard InChI is InChI=1S/C22H19Cl2NO5/c1-12-19(22(27)30-4)15(10-13-6-5-7-18(28-2)20(13)29-3)21(26)25(12)14-8-9-16(23)17(24)11-14/h5-11H,1-4H3/b15-10-. The Morgan fingerprint density at radius 3 is 2.37 bits per heavy atom. The smallest absolute Gasteiger partial charge is 0.340 e. The van der Waals surface area contributed by atoms with Gasteiger partial charge in [0.05, 0.1) is 48.2 Å². The summed E-state index contributed by atoms with van der Waals surface area (Å²) < 4.78 is 15.7. The minimum absolute atomic E-state index is 0.151. The SMILES string of the molecule is COC(=O)C1=C(C)N(c2ccc(Cl)c(Cl)c2)C(=O)/C1=C\c1cccc(OC)c1OC. The van der Waals surface area contributed by atoms with E-state index in [4.69, 9.17) is 37.4 Å². The van der Waals surface area contributed by atoms with E-state index < -0.39 is 11.9 Å². The van der Waals surface area contributed by atoms with Gasteiger partial charge in [0.25, 0.3) is 5.91 Å². The highest BCUT2D eigenvalue weighted by atomic mass is 35.5. The van der Waals surface area contributed by atoms with Gasteiger partial charge in [-0.3, -0.25) is 9.69 Å². The molecule has 30 heavy (non-hydrogen) atoms. The number of benzene rings is 2. The van der Waals surface area contributed by atoms with E-state index in [0.717, 1.165) is 0 Å². The molecule has 0 atom stereocenters.